The molecule has 0 aliphatic rings. The largest absolute Gasteiger partial charge is 0.491 e. The van der Waals surface area contributed by atoms with Gasteiger partial charge in [-0.3, -0.25) is 0 Å². The molecule has 130 valence electrons. The maximum Gasteiger partial charge on any atom is 0.129 e. The van der Waals surface area contributed by atoms with E-state index >= 15 is 0 Å². The number of nitrogens with one attached hydrogen (secondary N) is 1. The maximum absolute atomic E-state index is 13.6. The van der Waals surface area contributed by atoms with Crippen molar-refractivity contribution >= 4 is 0 Å². The molecule has 3 N–H and O–H groups in total. The van der Waals surface area contributed by atoms with Gasteiger partial charge in [-0.25, -0.2) is 4.39 Å². The lowest BCUT2D eigenvalue weighted by molar-refractivity contribution is 0.166. The molecule has 0 saturated carbocycles. The van der Waals surface area contributed by atoms with Crippen molar-refractivity contribution in [1.29, 1.82) is 0 Å². The zero-order chi connectivity index (χ0) is 17.4. The van der Waals surface area contributed by atoms with Gasteiger partial charge in [0, 0.05) is 18.2 Å². The van der Waals surface area contributed by atoms with E-state index in [0.29, 0.717) is 12.1 Å². The highest BCUT2D eigenvalue weighted by Crippen LogP contribution is 2.17. The van der Waals surface area contributed by atoms with Crippen LogP contribution in [0.4, 0.5) is 4.39 Å². The van der Waals surface area contributed by atoms with Gasteiger partial charge in [-0.1, -0.05) is 30.3 Å². The summed E-state index contributed by atoms with van der Waals surface area (Å²) in [6, 6.07) is 14.1. The van der Waals surface area contributed by atoms with Crippen LogP contribution in [-0.2, 0) is 6.42 Å². The first-order valence-corrected chi connectivity index (χ1v) is 8.08. The third kappa shape index (κ3) is 5.60. The SMILES string of the molecule is CC(Cc1ccc(OCCO)cc1)NCC(O)c1ccccc1F. The van der Waals surface area contributed by atoms with Crippen molar-refractivity contribution < 1.29 is 19.3 Å². The van der Waals surface area contributed by atoms with Crippen LogP contribution in [-0.4, -0.2) is 36.0 Å². The number of aliphatic hydroxyl groups excluding tert-OH is 2. The number of aliphatic hydroxyl groups is 2. The van der Waals surface area contributed by atoms with Gasteiger partial charge < -0.3 is 20.3 Å². The summed E-state index contributed by atoms with van der Waals surface area (Å²) in [5.41, 5.74) is 1.44. The van der Waals surface area contributed by atoms with Crippen molar-refractivity contribution in [2.24, 2.45) is 0 Å². The van der Waals surface area contributed by atoms with Gasteiger partial charge in [-0.15, -0.1) is 0 Å². The van der Waals surface area contributed by atoms with Crippen LogP contribution >= 0.6 is 0 Å². The van der Waals surface area contributed by atoms with Gasteiger partial charge in [0.25, 0.3) is 0 Å². The van der Waals surface area contributed by atoms with Gasteiger partial charge in [0.2, 0.25) is 0 Å². The summed E-state index contributed by atoms with van der Waals surface area (Å²) in [7, 11) is 0. The number of rotatable bonds is 9. The second-order valence-corrected chi connectivity index (χ2v) is 5.77. The highest BCUT2D eigenvalue weighted by molar-refractivity contribution is 5.27. The van der Waals surface area contributed by atoms with E-state index in [-0.39, 0.29) is 19.3 Å². The second-order valence-electron chi connectivity index (χ2n) is 5.77. The fourth-order valence-corrected chi connectivity index (χ4v) is 2.48. The molecule has 24 heavy (non-hydrogen) atoms. The molecule has 0 amide bonds. The average Bonchev–Trinajstić information content (AvgIpc) is 2.59. The molecule has 4 nitrogen and oxygen atoms in total. The van der Waals surface area contributed by atoms with Crippen molar-refractivity contribution in [3.8, 4) is 5.75 Å². The first-order chi connectivity index (χ1) is 11.6. The number of hydrogen-bond acceptors (Lipinski definition) is 4. The summed E-state index contributed by atoms with van der Waals surface area (Å²) in [5.74, 6) is 0.335. The summed E-state index contributed by atoms with van der Waals surface area (Å²) in [4.78, 5) is 0. The Kier molecular flexibility index (Phi) is 7.18. The van der Waals surface area contributed by atoms with Crippen molar-refractivity contribution in [2.45, 2.75) is 25.5 Å². The lowest BCUT2D eigenvalue weighted by Crippen LogP contribution is -2.32. The minimum atomic E-state index is -0.872. The van der Waals surface area contributed by atoms with Crippen molar-refractivity contribution in [3.05, 3.63) is 65.5 Å². The lowest BCUT2D eigenvalue weighted by Gasteiger charge is -2.18. The third-order valence-corrected chi connectivity index (χ3v) is 3.75. The van der Waals surface area contributed by atoms with E-state index in [1.54, 1.807) is 18.2 Å². The van der Waals surface area contributed by atoms with Crippen molar-refractivity contribution in [1.82, 2.24) is 5.32 Å². The highest BCUT2D eigenvalue weighted by Gasteiger charge is 2.13. The number of hydrogen-bond donors (Lipinski definition) is 3. The Morgan fingerprint density at radius 2 is 1.83 bits per heavy atom. The molecule has 2 unspecified atom stereocenters. The molecule has 0 aromatic heterocycles. The first-order valence-electron chi connectivity index (χ1n) is 8.08. The zero-order valence-electron chi connectivity index (χ0n) is 13.8. The van der Waals surface area contributed by atoms with Crippen LogP contribution < -0.4 is 10.1 Å². The van der Waals surface area contributed by atoms with Gasteiger partial charge >= 0.3 is 0 Å². The summed E-state index contributed by atoms with van der Waals surface area (Å²) in [5, 5.41) is 22.0. The molecule has 0 heterocycles. The van der Waals surface area contributed by atoms with Crippen molar-refractivity contribution in [3.63, 3.8) is 0 Å². The van der Waals surface area contributed by atoms with Crippen LogP contribution in [0.15, 0.2) is 48.5 Å². The Bertz CT molecular complexity index is 618. The number of ether oxygens (including phenoxy) is 1. The fourth-order valence-electron chi connectivity index (χ4n) is 2.48. The average molecular weight is 333 g/mol. The molecular formula is C19H24FNO3. The smallest absolute Gasteiger partial charge is 0.129 e. The molecule has 0 aliphatic carbocycles. The fraction of sp³-hybridized carbons (Fsp3) is 0.368. The second kappa shape index (κ2) is 9.37. The minimum Gasteiger partial charge on any atom is -0.491 e. The molecule has 5 heteroatoms. The normalized spacial score (nSPS) is 13.5. The van der Waals surface area contributed by atoms with E-state index in [0.717, 1.165) is 17.7 Å². The maximum atomic E-state index is 13.6. The molecule has 0 bridgehead atoms. The van der Waals surface area contributed by atoms with Crippen LogP contribution in [0.3, 0.4) is 0 Å². The Labute approximate surface area is 141 Å². The minimum absolute atomic E-state index is 0.00690. The van der Waals surface area contributed by atoms with Crippen LogP contribution in [0, 0.1) is 5.82 Å². The Balaban J connectivity index is 1.80. The Hall–Kier alpha value is -1.95. The van der Waals surface area contributed by atoms with Gasteiger partial charge in [-0.05, 0) is 37.1 Å². The van der Waals surface area contributed by atoms with Gasteiger partial charge in [0.05, 0.1) is 12.7 Å². The van der Waals surface area contributed by atoms with Gasteiger partial charge in [-0.2, -0.15) is 0 Å². The molecule has 2 atom stereocenters. The van der Waals surface area contributed by atoms with Gasteiger partial charge in [0.15, 0.2) is 0 Å². The summed E-state index contributed by atoms with van der Waals surface area (Å²) in [6.07, 6.45) is -0.0903. The zero-order valence-corrected chi connectivity index (χ0v) is 13.8. The predicted molar refractivity (Wildman–Crippen MR) is 91.6 cm³/mol. The topological polar surface area (TPSA) is 61.7 Å². The van der Waals surface area contributed by atoms with Crippen LogP contribution in [0.5, 0.6) is 5.75 Å². The van der Waals surface area contributed by atoms with Crippen LogP contribution in [0.1, 0.15) is 24.2 Å². The molecule has 0 spiro atoms. The lowest BCUT2D eigenvalue weighted by atomic mass is 10.1. The van der Waals surface area contributed by atoms with Crippen LogP contribution in [0.25, 0.3) is 0 Å². The quantitative estimate of drug-likeness (QED) is 0.660. The number of benzene rings is 2. The van der Waals surface area contributed by atoms with E-state index in [1.807, 2.05) is 31.2 Å². The molecule has 2 aromatic rings. The Morgan fingerprint density at radius 1 is 1.12 bits per heavy atom. The Morgan fingerprint density at radius 3 is 2.50 bits per heavy atom. The molecule has 0 saturated heterocycles. The summed E-state index contributed by atoms with van der Waals surface area (Å²) >= 11 is 0. The standard InChI is InChI=1S/C19H24FNO3/c1-14(12-15-6-8-16(9-7-15)24-11-10-22)21-13-19(23)17-4-2-3-5-18(17)20/h2-9,14,19,21-23H,10-13H2,1H3. The van der Waals surface area contributed by atoms with E-state index in [4.69, 9.17) is 9.84 Å². The van der Waals surface area contributed by atoms with E-state index in [2.05, 4.69) is 5.32 Å². The van der Waals surface area contributed by atoms with Crippen LogP contribution in [0.2, 0.25) is 0 Å². The third-order valence-electron chi connectivity index (χ3n) is 3.75. The molecular weight excluding hydrogens is 309 g/mol. The molecule has 0 fully saturated rings. The number of halogens is 1. The molecule has 2 rings (SSSR count). The van der Waals surface area contributed by atoms with E-state index in [9.17, 15) is 9.50 Å². The molecule has 2 aromatic carbocycles. The first kappa shape index (κ1) is 18.4. The van der Waals surface area contributed by atoms with E-state index in [1.165, 1.54) is 6.07 Å². The molecule has 0 aliphatic heterocycles. The summed E-state index contributed by atoms with van der Waals surface area (Å²) in [6.45, 7) is 2.59. The highest BCUT2D eigenvalue weighted by atomic mass is 19.1. The van der Waals surface area contributed by atoms with Crippen molar-refractivity contribution in [2.75, 3.05) is 19.8 Å². The predicted octanol–water partition coefficient (Wildman–Crippen LogP) is 2.45. The molecule has 0 radical (unpaired) electrons. The van der Waals surface area contributed by atoms with E-state index < -0.39 is 11.9 Å². The monoisotopic (exact) mass is 333 g/mol. The summed E-state index contributed by atoms with van der Waals surface area (Å²) < 4.78 is 18.9. The van der Waals surface area contributed by atoms with Gasteiger partial charge in [0.1, 0.15) is 18.2 Å².